The summed E-state index contributed by atoms with van der Waals surface area (Å²) in [5.41, 5.74) is -0.599. The van der Waals surface area contributed by atoms with Crippen molar-refractivity contribution in [3.8, 4) is 11.5 Å². The number of esters is 2. The minimum Gasteiger partial charge on any atom is -0.464 e. The topological polar surface area (TPSA) is 148 Å². The lowest BCUT2D eigenvalue weighted by atomic mass is 9.99. The first-order valence-corrected chi connectivity index (χ1v) is 19.9. The van der Waals surface area contributed by atoms with Crippen LogP contribution in [0, 0.1) is 10.8 Å². The van der Waals surface area contributed by atoms with Gasteiger partial charge in [0.15, 0.2) is 0 Å². The van der Waals surface area contributed by atoms with Gasteiger partial charge in [-0.25, -0.2) is 9.13 Å². The van der Waals surface area contributed by atoms with Crippen molar-refractivity contribution in [1.29, 1.82) is 0 Å². The molecule has 4 aromatic rings. The Kier molecular flexibility index (Phi) is 13.2. The lowest BCUT2D eigenvalue weighted by Crippen LogP contribution is -2.36. The molecule has 52 heavy (non-hydrogen) atoms. The lowest BCUT2D eigenvalue weighted by Gasteiger charge is -2.24. The van der Waals surface area contributed by atoms with Gasteiger partial charge in [0.1, 0.15) is 36.1 Å². The van der Waals surface area contributed by atoms with Crippen LogP contribution >= 0.6 is 15.5 Å². The van der Waals surface area contributed by atoms with Crippen molar-refractivity contribution in [3.63, 3.8) is 0 Å². The number of rotatable bonds is 16. The molecular formula is C38H48N2O10P2. The van der Waals surface area contributed by atoms with Gasteiger partial charge >= 0.3 is 27.4 Å². The molecule has 0 aliphatic heterocycles. The van der Waals surface area contributed by atoms with Crippen LogP contribution in [-0.2, 0) is 37.2 Å². The molecule has 0 aliphatic carbocycles. The molecule has 0 saturated heterocycles. The predicted octanol–water partition coefficient (Wildman–Crippen LogP) is 9.31. The molecule has 0 aromatic heterocycles. The molecule has 14 heteroatoms. The largest absolute Gasteiger partial charge is 0.513 e. The van der Waals surface area contributed by atoms with Gasteiger partial charge in [0.05, 0.1) is 13.2 Å². The Morgan fingerprint density at radius 3 is 1.31 bits per heavy atom. The van der Waals surface area contributed by atoms with E-state index in [0.29, 0.717) is 10.8 Å². The van der Waals surface area contributed by atoms with E-state index in [9.17, 15) is 18.7 Å². The molecule has 0 saturated carbocycles. The highest BCUT2D eigenvalue weighted by molar-refractivity contribution is 7.52. The Labute approximate surface area is 305 Å². The van der Waals surface area contributed by atoms with Gasteiger partial charge in [-0.2, -0.15) is 10.2 Å². The Hall–Kier alpha value is -4.34. The first-order valence-electron chi connectivity index (χ1n) is 16.8. The minimum absolute atomic E-state index is 0.127. The van der Waals surface area contributed by atoms with Gasteiger partial charge in [-0.1, -0.05) is 114 Å². The third kappa shape index (κ3) is 12.1. The van der Waals surface area contributed by atoms with Crippen LogP contribution in [0.4, 0.5) is 0 Å². The number of hydrogen-bond donors (Lipinski definition) is 2. The molecule has 0 bridgehead atoms. The molecule has 0 spiro atoms. The molecule has 4 aromatic carbocycles. The van der Waals surface area contributed by atoms with E-state index in [1.54, 1.807) is 48.5 Å². The third-order valence-electron chi connectivity index (χ3n) is 7.10. The normalized spacial score (nSPS) is 15.6. The second kappa shape index (κ2) is 17.0. The fourth-order valence-corrected chi connectivity index (χ4v) is 7.31. The van der Waals surface area contributed by atoms with Crippen molar-refractivity contribution in [1.82, 2.24) is 10.2 Å². The van der Waals surface area contributed by atoms with Crippen LogP contribution in [0.25, 0.3) is 21.5 Å². The van der Waals surface area contributed by atoms with Crippen molar-refractivity contribution in [2.24, 2.45) is 10.8 Å². The van der Waals surface area contributed by atoms with Crippen LogP contribution in [-0.4, -0.2) is 37.2 Å². The summed E-state index contributed by atoms with van der Waals surface area (Å²) in [4.78, 5) is 25.7. The zero-order valence-electron chi connectivity index (χ0n) is 30.8. The molecule has 0 heterocycles. The highest BCUT2D eigenvalue weighted by Gasteiger charge is 2.36. The van der Waals surface area contributed by atoms with Crippen molar-refractivity contribution < 1.29 is 46.3 Å². The van der Waals surface area contributed by atoms with Crippen LogP contribution in [0.2, 0.25) is 0 Å². The fraction of sp³-hybridized carbons (Fsp3) is 0.368. The predicted molar refractivity (Wildman–Crippen MR) is 202 cm³/mol. The first kappa shape index (κ1) is 40.4. The number of fused-ring (bicyclic) bond motifs is 2. The van der Waals surface area contributed by atoms with Crippen molar-refractivity contribution >= 4 is 49.0 Å². The zero-order valence-corrected chi connectivity index (χ0v) is 32.6. The van der Waals surface area contributed by atoms with E-state index in [-0.39, 0.29) is 35.5 Å². The summed E-state index contributed by atoms with van der Waals surface area (Å²) in [6.07, 6.45) is 1.71. The summed E-state index contributed by atoms with van der Waals surface area (Å²) in [6, 6.07) is 22.8. The number of carbonyl (C=O) groups is 2. The smallest absolute Gasteiger partial charge is 0.464 e. The molecular weight excluding hydrogens is 706 g/mol. The Bertz CT molecular complexity index is 1830. The van der Waals surface area contributed by atoms with Crippen LogP contribution in [0.15, 0.2) is 97.5 Å². The van der Waals surface area contributed by atoms with Crippen LogP contribution in [0.3, 0.4) is 0 Å². The highest BCUT2D eigenvalue weighted by Crippen LogP contribution is 2.49. The average molecular weight is 755 g/mol. The maximum atomic E-state index is 14.3. The Morgan fingerprint density at radius 1 is 0.596 bits per heavy atom. The van der Waals surface area contributed by atoms with Crippen LogP contribution < -0.4 is 19.2 Å². The molecule has 4 rings (SSSR count). The van der Waals surface area contributed by atoms with Gasteiger partial charge in [0, 0.05) is 10.8 Å². The number of nitrogens with one attached hydrogen (secondary N) is 2. The monoisotopic (exact) mass is 754 g/mol. The van der Waals surface area contributed by atoms with Crippen molar-refractivity contribution in [2.45, 2.75) is 67.5 Å². The fourth-order valence-electron chi connectivity index (χ4n) is 4.58. The second-order valence-corrected chi connectivity index (χ2v) is 17.9. The summed E-state index contributed by atoms with van der Waals surface area (Å²) < 4.78 is 62.5. The molecule has 0 radical (unpaired) electrons. The summed E-state index contributed by atoms with van der Waals surface area (Å²) in [6.45, 7) is 14.6. The van der Waals surface area contributed by atoms with Gasteiger partial charge in [-0.05, 0) is 47.6 Å². The molecule has 0 amide bonds. The second-order valence-electron chi connectivity index (χ2n) is 14.7. The number of benzene rings is 4. The molecule has 4 atom stereocenters. The molecule has 4 unspecified atom stereocenters. The van der Waals surface area contributed by atoms with E-state index in [2.05, 4.69) is 10.2 Å². The third-order valence-corrected chi connectivity index (χ3v) is 10.2. The Morgan fingerprint density at radius 2 is 0.942 bits per heavy atom. The molecule has 0 aliphatic rings. The summed E-state index contributed by atoms with van der Waals surface area (Å²) in [5, 5.41) is 8.17. The maximum absolute atomic E-state index is 14.3. The Balaban J connectivity index is 1.60. The summed E-state index contributed by atoms with van der Waals surface area (Å²) >= 11 is 0. The van der Waals surface area contributed by atoms with E-state index in [4.69, 9.17) is 27.6 Å². The standard InChI is InChI=1S/C38H48N2O10P2/c1-27(35(41)45-25-37(3,4)5)39-51(43,49-33-21-13-17-29-15-9-11-19-31(29)33)47-23-24-48-52(44,40-28(2)36(42)46-26-38(6,7)8)50-34-22-14-18-30-16-10-12-20-32(30)34/h9-24,27-28H,25-26H2,1-8H3,(H,39,43)(H,40,44). The highest BCUT2D eigenvalue weighted by atomic mass is 31.2. The van der Waals surface area contributed by atoms with Crippen molar-refractivity contribution in [2.75, 3.05) is 13.2 Å². The van der Waals surface area contributed by atoms with Gasteiger partial charge in [-0.15, -0.1) is 0 Å². The average Bonchev–Trinajstić information content (AvgIpc) is 3.07. The maximum Gasteiger partial charge on any atom is 0.513 e. The van der Waals surface area contributed by atoms with Crippen LogP contribution in [0.1, 0.15) is 55.4 Å². The van der Waals surface area contributed by atoms with Crippen molar-refractivity contribution in [3.05, 3.63) is 97.5 Å². The molecule has 280 valence electrons. The summed E-state index contributed by atoms with van der Waals surface area (Å²) in [5.74, 6) is -0.921. The zero-order chi connectivity index (χ0) is 38.2. The number of carbonyl (C=O) groups excluding carboxylic acids is 2. The molecule has 12 nitrogen and oxygen atoms in total. The van der Waals surface area contributed by atoms with E-state index < -0.39 is 39.5 Å². The number of ether oxygens (including phenoxy) is 2. The lowest BCUT2D eigenvalue weighted by molar-refractivity contribution is -0.148. The van der Waals surface area contributed by atoms with E-state index in [0.717, 1.165) is 23.3 Å². The van der Waals surface area contributed by atoms with Gasteiger partial charge < -0.3 is 27.6 Å². The molecule has 2 N–H and O–H groups in total. The van der Waals surface area contributed by atoms with Gasteiger partial charge in [0.25, 0.3) is 0 Å². The number of hydrogen-bond acceptors (Lipinski definition) is 10. The molecule has 0 fully saturated rings. The summed E-state index contributed by atoms with van der Waals surface area (Å²) in [7, 11) is -8.82. The SMILES string of the molecule is CC(NP(=O)(OC=COP(=O)(NC(C)C(=O)OCC(C)(C)C)Oc1cccc2ccccc12)Oc1cccc2ccccc12)C(=O)OCC(C)(C)C. The first-order chi connectivity index (χ1) is 24.4. The van der Waals surface area contributed by atoms with Gasteiger partial charge in [0.2, 0.25) is 0 Å². The van der Waals surface area contributed by atoms with E-state index in [1.807, 2.05) is 77.9 Å². The van der Waals surface area contributed by atoms with E-state index in [1.165, 1.54) is 13.8 Å². The quantitative estimate of drug-likeness (QED) is 0.0638. The van der Waals surface area contributed by atoms with Gasteiger partial charge in [-0.3, -0.25) is 9.59 Å². The minimum atomic E-state index is -4.41. The van der Waals surface area contributed by atoms with E-state index >= 15 is 0 Å². The van der Waals surface area contributed by atoms with Crippen LogP contribution in [0.5, 0.6) is 11.5 Å².